The SMILES string of the molecule is Cc1noc(C)c1C(=O)N1CC[C@](Cc2ccc(-c3ccsc3)cc2)(C(=O)N(C)C)C1. The Balaban J connectivity index is 1.58. The summed E-state index contributed by atoms with van der Waals surface area (Å²) in [6, 6.07) is 10.5. The van der Waals surface area contributed by atoms with Gasteiger partial charge in [0.05, 0.1) is 11.1 Å². The van der Waals surface area contributed by atoms with Crippen LogP contribution in [0, 0.1) is 19.3 Å². The first-order valence-corrected chi connectivity index (χ1v) is 11.3. The Morgan fingerprint density at radius 2 is 1.90 bits per heavy atom. The maximum absolute atomic E-state index is 13.3. The molecule has 2 amide bonds. The molecule has 31 heavy (non-hydrogen) atoms. The summed E-state index contributed by atoms with van der Waals surface area (Å²) in [6.45, 7) is 4.44. The van der Waals surface area contributed by atoms with Crippen LogP contribution in [0.15, 0.2) is 45.6 Å². The third kappa shape index (κ3) is 4.02. The largest absolute Gasteiger partial charge is 0.361 e. The average molecular weight is 438 g/mol. The molecule has 3 aromatic rings. The Kier molecular flexibility index (Phi) is 5.71. The van der Waals surface area contributed by atoms with Gasteiger partial charge in [-0.05, 0) is 60.2 Å². The zero-order chi connectivity index (χ0) is 22.2. The summed E-state index contributed by atoms with van der Waals surface area (Å²) in [5, 5.41) is 8.10. The number of likely N-dealkylation sites (tertiary alicyclic amines) is 1. The molecular weight excluding hydrogens is 410 g/mol. The van der Waals surface area contributed by atoms with Gasteiger partial charge in [-0.1, -0.05) is 29.4 Å². The normalized spacial score (nSPS) is 18.4. The number of aryl methyl sites for hydroxylation is 2. The van der Waals surface area contributed by atoms with Gasteiger partial charge in [0.2, 0.25) is 5.91 Å². The second-order valence-corrected chi connectivity index (χ2v) is 9.32. The van der Waals surface area contributed by atoms with Gasteiger partial charge in [0.25, 0.3) is 5.91 Å². The van der Waals surface area contributed by atoms with Gasteiger partial charge in [0, 0.05) is 27.2 Å². The summed E-state index contributed by atoms with van der Waals surface area (Å²) < 4.78 is 5.18. The lowest BCUT2D eigenvalue weighted by molar-refractivity contribution is -0.138. The van der Waals surface area contributed by atoms with Crippen molar-refractivity contribution >= 4 is 23.2 Å². The Bertz CT molecular complexity index is 1070. The molecule has 0 bridgehead atoms. The molecular formula is C24H27N3O3S. The van der Waals surface area contributed by atoms with Crippen molar-refractivity contribution in [1.29, 1.82) is 0 Å². The molecule has 1 aromatic carbocycles. The first-order chi connectivity index (χ1) is 14.8. The van der Waals surface area contributed by atoms with Gasteiger partial charge >= 0.3 is 0 Å². The van der Waals surface area contributed by atoms with Gasteiger partial charge in [-0.15, -0.1) is 0 Å². The van der Waals surface area contributed by atoms with Crippen LogP contribution in [-0.4, -0.2) is 54.0 Å². The summed E-state index contributed by atoms with van der Waals surface area (Å²) in [4.78, 5) is 29.8. The van der Waals surface area contributed by atoms with Crippen LogP contribution in [0.3, 0.4) is 0 Å². The summed E-state index contributed by atoms with van der Waals surface area (Å²) in [5.41, 5.74) is 3.92. The highest BCUT2D eigenvalue weighted by atomic mass is 32.1. The molecule has 1 atom stereocenters. The minimum atomic E-state index is -0.637. The number of aromatic nitrogens is 1. The molecule has 1 fully saturated rings. The molecule has 7 heteroatoms. The third-order valence-electron chi connectivity index (χ3n) is 6.10. The van der Waals surface area contributed by atoms with Crippen molar-refractivity contribution in [2.45, 2.75) is 26.7 Å². The molecule has 0 spiro atoms. The Labute approximate surface area is 186 Å². The van der Waals surface area contributed by atoms with Gasteiger partial charge in [0.15, 0.2) is 0 Å². The second-order valence-electron chi connectivity index (χ2n) is 8.54. The van der Waals surface area contributed by atoms with Crippen LogP contribution in [0.1, 0.15) is 33.8 Å². The highest BCUT2D eigenvalue weighted by Gasteiger charge is 2.47. The monoisotopic (exact) mass is 437 g/mol. The molecule has 1 aliphatic heterocycles. The lowest BCUT2D eigenvalue weighted by Crippen LogP contribution is -2.44. The van der Waals surface area contributed by atoms with E-state index in [1.807, 2.05) is 0 Å². The molecule has 1 saturated heterocycles. The number of hydrogen-bond acceptors (Lipinski definition) is 5. The lowest BCUT2D eigenvalue weighted by atomic mass is 9.79. The number of benzene rings is 1. The van der Waals surface area contributed by atoms with E-state index in [0.29, 0.717) is 42.9 Å². The highest BCUT2D eigenvalue weighted by Crippen LogP contribution is 2.37. The lowest BCUT2D eigenvalue weighted by Gasteiger charge is -2.31. The molecule has 162 valence electrons. The maximum Gasteiger partial charge on any atom is 0.259 e. The molecule has 2 aromatic heterocycles. The smallest absolute Gasteiger partial charge is 0.259 e. The Morgan fingerprint density at radius 1 is 1.16 bits per heavy atom. The first-order valence-electron chi connectivity index (χ1n) is 10.4. The van der Waals surface area contributed by atoms with Crippen molar-refractivity contribution < 1.29 is 14.1 Å². The van der Waals surface area contributed by atoms with Gasteiger partial charge in [-0.3, -0.25) is 9.59 Å². The molecule has 4 rings (SSSR count). The zero-order valence-corrected chi connectivity index (χ0v) is 19.2. The van der Waals surface area contributed by atoms with Crippen molar-refractivity contribution in [1.82, 2.24) is 15.0 Å². The van der Waals surface area contributed by atoms with E-state index in [1.165, 1.54) is 11.1 Å². The minimum Gasteiger partial charge on any atom is -0.361 e. The Hall–Kier alpha value is -2.93. The van der Waals surface area contributed by atoms with Crippen LogP contribution in [0.5, 0.6) is 0 Å². The standard InChI is InChI=1S/C24H27N3O3S/c1-16-21(17(2)30-25-16)22(28)27-11-10-24(15-27,23(29)26(3)4)13-18-5-7-19(8-6-18)20-9-12-31-14-20/h5-9,12,14H,10-11,13,15H2,1-4H3/t24-/m1/s1. The number of thiophene rings is 1. The molecule has 0 radical (unpaired) electrons. The van der Waals surface area contributed by atoms with Gasteiger partial charge in [-0.25, -0.2) is 0 Å². The third-order valence-corrected chi connectivity index (χ3v) is 6.78. The van der Waals surface area contributed by atoms with E-state index >= 15 is 0 Å². The van der Waals surface area contributed by atoms with Gasteiger partial charge < -0.3 is 14.3 Å². The topological polar surface area (TPSA) is 66.7 Å². The molecule has 0 unspecified atom stereocenters. The number of hydrogen-bond donors (Lipinski definition) is 0. The maximum atomic E-state index is 13.3. The van der Waals surface area contributed by atoms with Crippen LogP contribution in [0.25, 0.3) is 11.1 Å². The zero-order valence-electron chi connectivity index (χ0n) is 18.3. The van der Waals surface area contributed by atoms with Crippen molar-refractivity contribution in [3.05, 3.63) is 63.7 Å². The predicted octanol–water partition coefficient (Wildman–Crippen LogP) is 4.18. The van der Waals surface area contributed by atoms with Crippen molar-refractivity contribution in [3.8, 4) is 11.1 Å². The fourth-order valence-corrected chi connectivity index (χ4v) is 5.16. The van der Waals surface area contributed by atoms with Crippen molar-refractivity contribution in [3.63, 3.8) is 0 Å². The number of nitrogens with zero attached hydrogens (tertiary/aromatic N) is 3. The summed E-state index contributed by atoms with van der Waals surface area (Å²) in [5.74, 6) is 0.462. The molecule has 6 nitrogen and oxygen atoms in total. The number of carbonyl (C=O) groups is 2. The highest BCUT2D eigenvalue weighted by molar-refractivity contribution is 7.08. The van der Waals surface area contributed by atoms with Crippen LogP contribution in [0.2, 0.25) is 0 Å². The molecule has 0 N–H and O–H groups in total. The van der Waals surface area contributed by atoms with E-state index in [0.717, 1.165) is 5.56 Å². The summed E-state index contributed by atoms with van der Waals surface area (Å²) in [7, 11) is 3.56. The van der Waals surface area contributed by atoms with E-state index in [1.54, 1.807) is 49.1 Å². The van der Waals surface area contributed by atoms with E-state index in [4.69, 9.17) is 4.52 Å². The average Bonchev–Trinajstić information content (AvgIpc) is 3.49. The van der Waals surface area contributed by atoms with Crippen LogP contribution in [0.4, 0.5) is 0 Å². The van der Waals surface area contributed by atoms with Crippen molar-refractivity contribution in [2.75, 3.05) is 27.2 Å². The van der Waals surface area contributed by atoms with E-state index < -0.39 is 5.41 Å². The van der Waals surface area contributed by atoms with E-state index in [2.05, 4.69) is 46.2 Å². The van der Waals surface area contributed by atoms with Gasteiger partial charge in [0.1, 0.15) is 11.3 Å². The minimum absolute atomic E-state index is 0.0588. The molecule has 3 heterocycles. The predicted molar refractivity (Wildman–Crippen MR) is 121 cm³/mol. The van der Waals surface area contributed by atoms with Crippen LogP contribution < -0.4 is 0 Å². The molecule has 1 aliphatic rings. The quantitative estimate of drug-likeness (QED) is 0.601. The Morgan fingerprint density at radius 3 is 2.48 bits per heavy atom. The molecule has 0 saturated carbocycles. The second kappa shape index (κ2) is 8.30. The number of carbonyl (C=O) groups excluding carboxylic acids is 2. The van der Waals surface area contributed by atoms with Crippen molar-refractivity contribution in [2.24, 2.45) is 5.41 Å². The first kappa shape index (κ1) is 21.3. The van der Waals surface area contributed by atoms with E-state index in [9.17, 15) is 9.59 Å². The fourth-order valence-electron chi connectivity index (χ4n) is 4.50. The summed E-state index contributed by atoms with van der Waals surface area (Å²) in [6.07, 6.45) is 1.23. The summed E-state index contributed by atoms with van der Waals surface area (Å²) >= 11 is 1.68. The molecule has 0 aliphatic carbocycles. The van der Waals surface area contributed by atoms with E-state index in [-0.39, 0.29) is 11.8 Å². The fraction of sp³-hybridized carbons (Fsp3) is 0.375. The van der Waals surface area contributed by atoms with Gasteiger partial charge in [-0.2, -0.15) is 11.3 Å². The number of rotatable bonds is 5. The number of amides is 2. The van der Waals surface area contributed by atoms with Crippen LogP contribution >= 0.6 is 11.3 Å². The van der Waals surface area contributed by atoms with Crippen LogP contribution in [-0.2, 0) is 11.2 Å².